The first-order valence-corrected chi connectivity index (χ1v) is 7.50. The molecule has 102 valence electrons. The van der Waals surface area contributed by atoms with Gasteiger partial charge in [-0.05, 0) is 31.2 Å². The minimum atomic E-state index is 0.693. The van der Waals surface area contributed by atoms with E-state index >= 15 is 0 Å². The summed E-state index contributed by atoms with van der Waals surface area (Å²) in [5.74, 6) is 1.70. The summed E-state index contributed by atoms with van der Waals surface area (Å²) in [6.45, 7) is 6.58. The molecule has 1 aliphatic carbocycles. The molecular weight excluding hydrogens is 210 g/mol. The highest BCUT2D eigenvalue weighted by Crippen LogP contribution is 2.29. The highest BCUT2D eigenvalue weighted by atomic mass is 16.5. The van der Waals surface area contributed by atoms with E-state index in [0.717, 1.165) is 25.0 Å². The fraction of sp³-hybridized carbons (Fsp3) is 1.00. The number of hydrogen-bond donors (Lipinski definition) is 1. The predicted molar refractivity (Wildman–Crippen MR) is 74.3 cm³/mol. The van der Waals surface area contributed by atoms with Gasteiger partial charge in [-0.25, -0.2) is 0 Å². The molecule has 1 aliphatic rings. The number of hydrogen-bond acceptors (Lipinski definition) is 2. The van der Waals surface area contributed by atoms with Crippen LogP contribution in [0.5, 0.6) is 0 Å². The van der Waals surface area contributed by atoms with Crippen molar-refractivity contribution in [1.29, 1.82) is 0 Å². The maximum absolute atomic E-state index is 5.20. The Morgan fingerprint density at radius 1 is 1.24 bits per heavy atom. The Morgan fingerprint density at radius 3 is 2.53 bits per heavy atom. The Morgan fingerprint density at radius 2 is 1.94 bits per heavy atom. The molecule has 0 heterocycles. The van der Waals surface area contributed by atoms with E-state index in [9.17, 15) is 0 Å². The summed E-state index contributed by atoms with van der Waals surface area (Å²) >= 11 is 0. The summed E-state index contributed by atoms with van der Waals surface area (Å²) in [5, 5.41) is 3.68. The molecule has 2 unspecified atom stereocenters. The lowest BCUT2D eigenvalue weighted by molar-refractivity contribution is 0.162. The van der Waals surface area contributed by atoms with Crippen molar-refractivity contribution in [2.24, 2.45) is 11.8 Å². The highest BCUT2D eigenvalue weighted by Gasteiger charge is 2.22. The third kappa shape index (κ3) is 5.87. The van der Waals surface area contributed by atoms with E-state index in [2.05, 4.69) is 19.2 Å². The molecule has 2 heteroatoms. The monoisotopic (exact) mass is 241 g/mol. The van der Waals surface area contributed by atoms with Gasteiger partial charge in [0.2, 0.25) is 0 Å². The number of nitrogens with one attached hydrogen (secondary N) is 1. The van der Waals surface area contributed by atoms with Gasteiger partial charge < -0.3 is 10.1 Å². The van der Waals surface area contributed by atoms with Crippen LogP contribution in [0.3, 0.4) is 0 Å². The molecule has 2 atom stereocenters. The topological polar surface area (TPSA) is 21.3 Å². The van der Waals surface area contributed by atoms with E-state index in [-0.39, 0.29) is 0 Å². The number of rotatable bonds is 8. The predicted octanol–water partition coefficient (Wildman–Crippen LogP) is 3.61. The van der Waals surface area contributed by atoms with E-state index in [1.165, 1.54) is 44.9 Å². The Labute approximate surface area is 108 Å². The van der Waals surface area contributed by atoms with Gasteiger partial charge in [0.25, 0.3) is 0 Å². The van der Waals surface area contributed by atoms with Crippen molar-refractivity contribution in [2.75, 3.05) is 20.3 Å². The Bertz CT molecular complexity index is 178. The lowest BCUT2D eigenvalue weighted by atomic mass is 9.81. The average molecular weight is 241 g/mol. The Kier molecular flexibility index (Phi) is 7.87. The Balaban J connectivity index is 2.34. The van der Waals surface area contributed by atoms with Crippen LogP contribution in [0.2, 0.25) is 0 Å². The third-order valence-electron chi connectivity index (χ3n) is 4.24. The van der Waals surface area contributed by atoms with E-state index in [0.29, 0.717) is 6.04 Å². The van der Waals surface area contributed by atoms with Crippen LogP contribution in [-0.2, 0) is 4.74 Å². The molecule has 0 aliphatic heterocycles. The van der Waals surface area contributed by atoms with Gasteiger partial charge in [0.1, 0.15) is 0 Å². The van der Waals surface area contributed by atoms with Crippen molar-refractivity contribution >= 4 is 0 Å². The second-order valence-corrected chi connectivity index (χ2v) is 5.66. The van der Waals surface area contributed by atoms with Crippen LogP contribution in [0.4, 0.5) is 0 Å². The normalized spacial score (nSPS) is 21.4. The molecule has 0 amide bonds. The molecular formula is C15H31NO. The number of methoxy groups -OCH3 is 1. The van der Waals surface area contributed by atoms with E-state index in [1.54, 1.807) is 7.11 Å². The second kappa shape index (κ2) is 8.93. The molecule has 1 fully saturated rings. The van der Waals surface area contributed by atoms with Gasteiger partial charge in [-0.15, -0.1) is 0 Å². The van der Waals surface area contributed by atoms with Crippen LogP contribution in [0.15, 0.2) is 0 Å². The van der Waals surface area contributed by atoms with E-state index in [1.807, 2.05) is 0 Å². The summed E-state index contributed by atoms with van der Waals surface area (Å²) in [7, 11) is 1.80. The summed E-state index contributed by atoms with van der Waals surface area (Å²) < 4.78 is 5.20. The van der Waals surface area contributed by atoms with Crippen molar-refractivity contribution < 1.29 is 4.74 Å². The van der Waals surface area contributed by atoms with Crippen LogP contribution in [-0.4, -0.2) is 26.3 Å². The molecule has 1 saturated carbocycles. The fourth-order valence-corrected chi connectivity index (χ4v) is 3.07. The lowest BCUT2D eigenvalue weighted by Crippen LogP contribution is -2.37. The molecule has 0 radical (unpaired) electrons. The molecule has 0 spiro atoms. The summed E-state index contributed by atoms with van der Waals surface area (Å²) in [6, 6.07) is 0.693. The summed E-state index contributed by atoms with van der Waals surface area (Å²) in [5.41, 5.74) is 0. The molecule has 0 bridgehead atoms. The van der Waals surface area contributed by atoms with Crippen LogP contribution in [0.1, 0.15) is 58.8 Å². The first kappa shape index (κ1) is 15.0. The molecule has 0 saturated heterocycles. The molecule has 0 aromatic heterocycles. The minimum absolute atomic E-state index is 0.693. The van der Waals surface area contributed by atoms with Crippen molar-refractivity contribution in [3.8, 4) is 0 Å². The maximum Gasteiger partial charge on any atom is 0.0465 e. The Hall–Kier alpha value is -0.0800. The zero-order valence-electron chi connectivity index (χ0n) is 12.0. The molecule has 17 heavy (non-hydrogen) atoms. The minimum Gasteiger partial charge on any atom is -0.385 e. The SMILES string of the molecule is CCNC(CC1CCCCC1)C(C)CCOC. The van der Waals surface area contributed by atoms with Crippen molar-refractivity contribution in [2.45, 2.75) is 64.8 Å². The summed E-state index contributed by atoms with van der Waals surface area (Å²) in [6.07, 6.45) is 9.84. The molecule has 1 N–H and O–H groups in total. The molecule has 0 aromatic rings. The van der Waals surface area contributed by atoms with Crippen molar-refractivity contribution in [3.63, 3.8) is 0 Å². The largest absolute Gasteiger partial charge is 0.385 e. The van der Waals surface area contributed by atoms with Crippen LogP contribution in [0.25, 0.3) is 0 Å². The average Bonchev–Trinajstić information content (AvgIpc) is 2.36. The van der Waals surface area contributed by atoms with Crippen LogP contribution < -0.4 is 5.32 Å². The molecule has 0 aromatic carbocycles. The quantitative estimate of drug-likeness (QED) is 0.701. The zero-order valence-corrected chi connectivity index (χ0v) is 12.0. The highest BCUT2D eigenvalue weighted by molar-refractivity contribution is 4.78. The van der Waals surface area contributed by atoms with Crippen molar-refractivity contribution in [1.82, 2.24) is 5.32 Å². The smallest absolute Gasteiger partial charge is 0.0465 e. The van der Waals surface area contributed by atoms with Gasteiger partial charge in [0, 0.05) is 19.8 Å². The van der Waals surface area contributed by atoms with Gasteiger partial charge >= 0.3 is 0 Å². The van der Waals surface area contributed by atoms with Gasteiger partial charge in [-0.1, -0.05) is 46.0 Å². The van der Waals surface area contributed by atoms with E-state index < -0.39 is 0 Å². The van der Waals surface area contributed by atoms with Gasteiger partial charge in [-0.2, -0.15) is 0 Å². The fourth-order valence-electron chi connectivity index (χ4n) is 3.07. The maximum atomic E-state index is 5.20. The third-order valence-corrected chi connectivity index (χ3v) is 4.24. The van der Waals surface area contributed by atoms with Gasteiger partial charge in [0.05, 0.1) is 0 Å². The standard InChI is InChI=1S/C15H31NO/c1-4-16-15(13(2)10-11-17-3)12-14-8-6-5-7-9-14/h13-16H,4-12H2,1-3H3. The van der Waals surface area contributed by atoms with Crippen LogP contribution >= 0.6 is 0 Å². The summed E-state index contributed by atoms with van der Waals surface area (Å²) in [4.78, 5) is 0. The molecule has 1 rings (SSSR count). The second-order valence-electron chi connectivity index (χ2n) is 5.66. The number of ether oxygens (including phenoxy) is 1. The first-order chi connectivity index (χ1) is 8.27. The first-order valence-electron chi connectivity index (χ1n) is 7.50. The van der Waals surface area contributed by atoms with Gasteiger partial charge in [0.15, 0.2) is 0 Å². The lowest BCUT2D eigenvalue weighted by Gasteiger charge is -2.30. The van der Waals surface area contributed by atoms with Crippen LogP contribution in [0, 0.1) is 11.8 Å². The zero-order chi connectivity index (χ0) is 12.5. The van der Waals surface area contributed by atoms with Crippen molar-refractivity contribution in [3.05, 3.63) is 0 Å². The van der Waals surface area contributed by atoms with Gasteiger partial charge in [-0.3, -0.25) is 0 Å². The van der Waals surface area contributed by atoms with E-state index in [4.69, 9.17) is 4.74 Å². The molecule has 2 nitrogen and oxygen atoms in total.